The van der Waals surface area contributed by atoms with Crippen molar-refractivity contribution in [2.45, 2.75) is 18.9 Å². The smallest absolute Gasteiger partial charge is 0.163 e. The fraction of sp³-hybridized carbons (Fsp3) is 0.571. The second-order valence-electron chi connectivity index (χ2n) is 4.70. The van der Waals surface area contributed by atoms with Gasteiger partial charge in [0.1, 0.15) is 13.2 Å². The number of rotatable bonds is 7. The molecule has 0 bridgehead atoms. The lowest BCUT2D eigenvalue weighted by atomic mass is 10.1. The van der Waals surface area contributed by atoms with Crippen molar-refractivity contribution in [3.63, 3.8) is 0 Å². The predicted molar refractivity (Wildman–Crippen MR) is 80.0 cm³/mol. The van der Waals surface area contributed by atoms with Crippen molar-refractivity contribution in [2.24, 2.45) is 5.73 Å². The standard InChI is InChI=1S/C14H21ClN2O3/c1-18-9-10(3-2-4-16)17-12-8-14-13(7-11(12)15)19-5-6-20-14/h7-8,10,17H,2-6,9,16H2,1H3. The summed E-state index contributed by atoms with van der Waals surface area (Å²) in [5, 5.41) is 4.00. The highest BCUT2D eigenvalue weighted by Gasteiger charge is 2.17. The minimum Gasteiger partial charge on any atom is -0.486 e. The van der Waals surface area contributed by atoms with Gasteiger partial charge < -0.3 is 25.3 Å². The number of halogens is 1. The van der Waals surface area contributed by atoms with Crippen LogP contribution in [0.3, 0.4) is 0 Å². The van der Waals surface area contributed by atoms with Crippen LogP contribution in [0.5, 0.6) is 11.5 Å². The molecule has 3 N–H and O–H groups in total. The molecule has 5 nitrogen and oxygen atoms in total. The Labute approximate surface area is 124 Å². The van der Waals surface area contributed by atoms with Crippen LogP contribution < -0.4 is 20.5 Å². The molecule has 0 aromatic heterocycles. The van der Waals surface area contributed by atoms with Crippen molar-refractivity contribution in [1.29, 1.82) is 0 Å². The first-order valence-electron chi connectivity index (χ1n) is 6.79. The first-order valence-corrected chi connectivity index (χ1v) is 7.17. The van der Waals surface area contributed by atoms with Crippen LogP contribution in [-0.4, -0.2) is 39.5 Å². The van der Waals surface area contributed by atoms with Gasteiger partial charge in [0, 0.05) is 25.3 Å². The van der Waals surface area contributed by atoms with Gasteiger partial charge in [-0.2, -0.15) is 0 Å². The largest absolute Gasteiger partial charge is 0.486 e. The zero-order valence-corrected chi connectivity index (χ0v) is 12.4. The number of fused-ring (bicyclic) bond motifs is 1. The molecule has 6 heteroatoms. The summed E-state index contributed by atoms with van der Waals surface area (Å²) in [7, 11) is 1.68. The zero-order chi connectivity index (χ0) is 14.4. The molecule has 1 unspecified atom stereocenters. The lowest BCUT2D eigenvalue weighted by Gasteiger charge is -2.23. The van der Waals surface area contributed by atoms with E-state index in [9.17, 15) is 0 Å². The van der Waals surface area contributed by atoms with E-state index in [2.05, 4.69) is 5.32 Å². The molecular formula is C14H21ClN2O3. The van der Waals surface area contributed by atoms with Crippen LogP contribution in [0.1, 0.15) is 12.8 Å². The molecule has 1 heterocycles. The van der Waals surface area contributed by atoms with Gasteiger partial charge in [0.05, 0.1) is 17.3 Å². The Hall–Kier alpha value is -1.17. The van der Waals surface area contributed by atoms with Gasteiger partial charge in [-0.1, -0.05) is 11.6 Å². The molecule has 1 aromatic carbocycles. The summed E-state index contributed by atoms with van der Waals surface area (Å²) in [6.45, 7) is 2.38. The Morgan fingerprint density at radius 3 is 2.70 bits per heavy atom. The molecule has 0 radical (unpaired) electrons. The van der Waals surface area contributed by atoms with E-state index >= 15 is 0 Å². The van der Waals surface area contributed by atoms with E-state index < -0.39 is 0 Å². The summed E-state index contributed by atoms with van der Waals surface area (Å²) in [6, 6.07) is 3.83. The molecule has 1 aromatic rings. The molecule has 0 spiro atoms. The quantitative estimate of drug-likeness (QED) is 0.809. The van der Waals surface area contributed by atoms with Crippen molar-refractivity contribution in [3.8, 4) is 11.5 Å². The second-order valence-corrected chi connectivity index (χ2v) is 5.11. The van der Waals surface area contributed by atoms with Crippen LogP contribution in [0.2, 0.25) is 5.02 Å². The van der Waals surface area contributed by atoms with Crippen molar-refractivity contribution in [1.82, 2.24) is 0 Å². The van der Waals surface area contributed by atoms with E-state index in [1.54, 1.807) is 13.2 Å². The molecule has 20 heavy (non-hydrogen) atoms. The van der Waals surface area contributed by atoms with Gasteiger partial charge in [-0.25, -0.2) is 0 Å². The van der Waals surface area contributed by atoms with Gasteiger partial charge >= 0.3 is 0 Å². The number of ether oxygens (including phenoxy) is 3. The average Bonchev–Trinajstić information content (AvgIpc) is 2.45. The van der Waals surface area contributed by atoms with Gasteiger partial charge in [-0.3, -0.25) is 0 Å². The van der Waals surface area contributed by atoms with Crippen LogP contribution in [0.25, 0.3) is 0 Å². The van der Waals surface area contributed by atoms with E-state index in [-0.39, 0.29) is 6.04 Å². The minimum atomic E-state index is 0.170. The van der Waals surface area contributed by atoms with Crippen molar-refractivity contribution >= 4 is 17.3 Å². The number of hydrogen-bond acceptors (Lipinski definition) is 5. The Bertz CT molecular complexity index is 443. The lowest BCUT2D eigenvalue weighted by molar-refractivity contribution is 0.171. The average molecular weight is 301 g/mol. The SMILES string of the molecule is COCC(CCCN)Nc1cc2c(cc1Cl)OCCO2. The van der Waals surface area contributed by atoms with Crippen LogP contribution >= 0.6 is 11.6 Å². The Morgan fingerprint density at radius 1 is 1.35 bits per heavy atom. The van der Waals surface area contributed by atoms with Gasteiger partial charge in [-0.15, -0.1) is 0 Å². The number of hydrogen-bond donors (Lipinski definition) is 2. The molecule has 1 aliphatic rings. The maximum Gasteiger partial charge on any atom is 0.163 e. The second kappa shape index (κ2) is 7.57. The summed E-state index contributed by atoms with van der Waals surface area (Å²) >= 11 is 6.28. The molecule has 1 aliphatic heterocycles. The summed E-state index contributed by atoms with van der Waals surface area (Å²) in [6.07, 6.45) is 1.86. The van der Waals surface area contributed by atoms with E-state index in [4.69, 9.17) is 31.5 Å². The first kappa shape index (κ1) is 15.2. The van der Waals surface area contributed by atoms with E-state index in [1.807, 2.05) is 6.07 Å². The molecule has 0 saturated heterocycles. The fourth-order valence-corrected chi connectivity index (χ4v) is 2.37. The van der Waals surface area contributed by atoms with Crippen molar-refractivity contribution in [3.05, 3.63) is 17.2 Å². The van der Waals surface area contributed by atoms with E-state index in [0.29, 0.717) is 37.1 Å². The Kier molecular flexibility index (Phi) is 5.76. The van der Waals surface area contributed by atoms with Crippen molar-refractivity contribution < 1.29 is 14.2 Å². The van der Waals surface area contributed by atoms with Crippen molar-refractivity contribution in [2.75, 3.05) is 38.8 Å². The van der Waals surface area contributed by atoms with E-state index in [1.165, 1.54) is 0 Å². The lowest BCUT2D eigenvalue weighted by Crippen LogP contribution is -2.26. The highest BCUT2D eigenvalue weighted by Crippen LogP contribution is 2.38. The Balaban J connectivity index is 2.10. The minimum absolute atomic E-state index is 0.170. The zero-order valence-electron chi connectivity index (χ0n) is 11.7. The summed E-state index contributed by atoms with van der Waals surface area (Å²) < 4.78 is 16.3. The Morgan fingerprint density at radius 2 is 2.05 bits per heavy atom. The summed E-state index contributed by atoms with van der Waals surface area (Å²) in [4.78, 5) is 0. The monoisotopic (exact) mass is 300 g/mol. The highest BCUT2D eigenvalue weighted by atomic mass is 35.5. The normalized spacial score (nSPS) is 14.9. The van der Waals surface area contributed by atoms with Gasteiger partial charge in [0.2, 0.25) is 0 Å². The molecule has 0 amide bonds. The van der Waals surface area contributed by atoms with Crippen LogP contribution in [0.15, 0.2) is 12.1 Å². The number of anilines is 1. The van der Waals surface area contributed by atoms with Crippen LogP contribution in [0.4, 0.5) is 5.69 Å². The molecule has 2 rings (SSSR count). The third-order valence-electron chi connectivity index (χ3n) is 3.12. The number of nitrogens with one attached hydrogen (secondary N) is 1. The molecule has 0 saturated carbocycles. The summed E-state index contributed by atoms with van der Waals surface area (Å²) in [5.41, 5.74) is 6.38. The number of methoxy groups -OCH3 is 1. The molecule has 0 aliphatic carbocycles. The molecule has 1 atom stereocenters. The first-order chi connectivity index (χ1) is 9.74. The third kappa shape index (κ3) is 3.91. The molecule has 112 valence electrons. The molecular weight excluding hydrogens is 280 g/mol. The van der Waals surface area contributed by atoms with Crippen LogP contribution in [-0.2, 0) is 4.74 Å². The molecule has 0 fully saturated rings. The number of nitrogens with two attached hydrogens (primary N) is 1. The van der Waals surface area contributed by atoms with Gasteiger partial charge in [0.15, 0.2) is 11.5 Å². The predicted octanol–water partition coefficient (Wildman–Crippen LogP) is 2.28. The van der Waals surface area contributed by atoms with Gasteiger partial charge in [0.25, 0.3) is 0 Å². The van der Waals surface area contributed by atoms with E-state index in [0.717, 1.165) is 24.3 Å². The van der Waals surface area contributed by atoms with Gasteiger partial charge in [-0.05, 0) is 19.4 Å². The topological polar surface area (TPSA) is 65.7 Å². The number of benzene rings is 1. The maximum atomic E-state index is 6.28. The highest BCUT2D eigenvalue weighted by molar-refractivity contribution is 6.33. The fourth-order valence-electron chi connectivity index (χ4n) is 2.16. The van der Waals surface area contributed by atoms with Crippen LogP contribution in [0, 0.1) is 0 Å². The third-order valence-corrected chi connectivity index (χ3v) is 3.43. The summed E-state index contributed by atoms with van der Waals surface area (Å²) in [5.74, 6) is 1.41. The maximum absolute atomic E-state index is 6.28.